The lowest BCUT2D eigenvalue weighted by Gasteiger charge is -2.26. The number of likely N-dealkylation sites (N-methyl/N-ethyl adjacent to an activating group) is 1. The molecule has 9 nitrogen and oxygen atoms in total. The van der Waals surface area contributed by atoms with E-state index < -0.39 is 24.3 Å². The molecule has 0 rings (SSSR count). The maximum absolute atomic E-state index is 13.0. The van der Waals surface area contributed by atoms with Crippen LogP contribution in [-0.2, 0) is 33.3 Å². The third kappa shape index (κ3) is 75.5. The molecule has 0 aliphatic rings. The van der Waals surface area contributed by atoms with Gasteiger partial charge >= 0.3 is 11.9 Å². The van der Waals surface area contributed by atoms with Crippen molar-refractivity contribution in [2.24, 2.45) is 0 Å². The topological polar surface area (TPSA) is 111 Å². The minimum Gasteiger partial charge on any atom is -0.545 e. The van der Waals surface area contributed by atoms with Gasteiger partial charge in [-0.2, -0.15) is 0 Å². The van der Waals surface area contributed by atoms with E-state index in [2.05, 4.69) is 13.8 Å². The van der Waals surface area contributed by atoms with Crippen LogP contribution in [0.25, 0.3) is 0 Å². The Morgan fingerprint density at radius 3 is 0.703 bits per heavy atom. The molecule has 0 saturated heterocycles. The maximum atomic E-state index is 13.0. The van der Waals surface area contributed by atoms with Crippen LogP contribution in [-0.4, -0.2) is 82.3 Å². The van der Waals surface area contributed by atoms with Crippen molar-refractivity contribution in [3.63, 3.8) is 0 Å². The van der Waals surface area contributed by atoms with Gasteiger partial charge in [0, 0.05) is 12.8 Å². The Labute approximate surface area is 568 Å². The molecule has 0 aromatic rings. The number of quaternary nitrogens is 1. The van der Waals surface area contributed by atoms with Crippen molar-refractivity contribution in [3.05, 3.63) is 0 Å². The van der Waals surface area contributed by atoms with Crippen molar-refractivity contribution in [1.82, 2.24) is 0 Å². The van der Waals surface area contributed by atoms with Crippen LogP contribution in [0.1, 0.15) is 450 Å². The van der Waals surface area contributed by atoms with E-state index in [0.717, 1.165) is 38.5 Å². The highest BCUT2D eigenvalue weighted by Gasteiger charge is 2.22. The average Bonchev–Trinajstić information content (AvgIpc) is 3.74. The van der Waals surface area contributed by atoms with Gasteiger partial charge in [0.1, 0.15) is 13.2 Å². The van der Waals surface area contributed by atoms with E-state index in [1.54, 1.807) is 0 Å². The number of ether oxygens (including phenoxy) is 4. The number of carboxylic acids is 1. The Hall–Kier alpha value is -1.71. The van der Waals surface area contributed by atoms with E-state index in [4.69, 9.17) is 18.9 Å². The second kappa shape index (κ2) is 74.1. The zero-order chi connectivity index (χ0) is 66.1. The van der Waals surface area contributed by atoms with Crippen molar-refractivity contribution >= 4 is 17.9 Å². The number of esters is 2. The summed E-state index contributed by atoms with van der Waals surface area (Å²) in [6.45, 7) is 4.86. The molecule has 0 radical (unpaired) electrons. The first-order valence-corrected chi connectivity index (χ1v) is 41.2. The molecule has 2 unspecified atom stereocenters. The maximum Gasteiger partial charge on any atom is 0.306 e. The molecule has 0 aliphatic heterocycles. The quantitative estimate of drug-likeness (QED) is 0.0256. The van der Waals surface area contributed by atoms with Gasteiger partial charge in [0.25, 0.3) is 0 Å². The molecule has 91 heavy (non-hydrogen) atoms. The molecular formula is C82H161NO8. The molecule has 542 valence electrons. The molecule has 0 amide bonds. The molecule has 0 spiro atoms. The Balaban J connectivity index is 3.90. The monoisotopic (exact) mass is 1290 g/mol. The van der Waals surface area contributed by atoms with E-state index in [1.807, 2.05) is 21.1 Å². The summed E-state index contributed by atoms with van der Waals surface area (Å²) in [5.41, 5.74) is 0. The van der Waals surface area contributed by atoms with Crippen LogP contribution in [0.4, 0.5) is 0 Å². The molecule has 0 aliphatic carbocycles. The largest absolute Gasteiger partial charge is 0.545 e. The molecule has 0 aromatic heterocycles. The predicted molar refractivity (Wildman–Crippen MR) is 390 cm³/mol. The van der Waals surface area contributed by atoms with Gasteiger partial charge in [-0.05, 0) is 12.8 Å². The molecule has 0 saturated carbocycles. The fraction of sp³-hybridized carbons (Fsp3) is 0.963. The van der Waals surface area contributed by atoms with Crippen LogP contribution >= 0.6 is 0 Å². The number of aliphatic carboxylic acids is 1. The summed E-state index contributed by atoms with van der Waals surface area (Å²) in [6, 6.07) is 0. The van der Waals surface area contributed by atoms with Gasteiger partial charge in [0.2, 0.25) is 0 Å². The molecule has 0 N–H and O–H groups in total. The van der Waals surface area contributed by atoms with Gasteiger partial charge in [-0.25, -0.2) is 0 Å². The fourth-order valence-corrected chi connectivity index (χ4v) is 13.1. The number of rotatable bonds is 79. The number of hydrogen-bond donors (Lipinski definition) is 0. The molecule has 9 heteroatoms. The van der Waals surface area contributed by atoms with Gasteiger partial charge in [-0.1, -0.05) is 425 Å². The summed E-state index contributed by atoms with van der Waals surface area (Å²) >= 11 is 0. The molecule has 0 bridgehead atoms. The van der Waals surface area contributed by atoms with E-state index in [9.17, 15) is 19.5 Å². The van der Waals surface area contributed by atoms with Crippen molar-refractivity contribution in [2.45, 2.75) is 463 Å². The summed E-state index contributed by atoms with van der Waals surface area (Å²) in [5, 5.41) is 11.9. The zero-order valence-corrected chi connectivity index (χ0v) is 62.3. The third-order valence-corrected chi connectivity index (χ3v) is 19.4. The lowest BCUT2D eigenvalue weighted by molar-refractivity contribution is -0.870. The lowest BCUT2D eigenvalue weighted by Crippen LogP contribution is -2.44. The normalized spacial score (nSPS) is 12.5. The number of carboxylic acid groups (broad SMARTS) is 1. The van der Waals surface area contributed by atoms with E-state index in [0.29, 0.717) is 17.4 Å². The van der Waals surface area contributed by atoms with E-state index in [-0.39, 0.29) is 32.2 Å². The van der Waals surface area contributed by atoms with Crippen molar-refractivity contribution in [1.29, 1.82) is 0 Å². The smallest absolute Gasteiger partial charge is 0.306 e. The average molecular weight is 1290 g/mol. The first kappa shape index (κ1) is 89.3. The van der Waals surface area contributed by atoms with Gasteiger partial charge in [-0.15, -0.1) is 0 Å². The van der Waals surface area contributed by atoms with Gasteiger partial charge < -0.3 is 33.3 Å². The number of carbonyl (C=O) groups is 3. The molecule has 0 fully saturated rings. The highest BCUT2D eigenvalue weighted by Crippen LogP contribution is 2.21. The predicted octanol–water partition coefficient (Wildman–Crippen LogP) is 24.8. The second-order valence-corrected chi connectivity index (χ2v) is 29.8. The van der Waals surface area contributed by atoms with Crippen LogP contribution in [0, 0.1) is 0 Å². The van der Waals surface area contributed by atoms with E-state index >= 15 is 0 Å². The van der Waals surface area contributed by atoms with Crippen LogP contribution in [0.2, 0.25) is 0 Å². The summed E-state index contributed by atoms with van der Waals surface area (Å²) in [5.74, 6) is -2.24. The Morgan fingerprint density at radius 1 is 0.286 bits per heavy atom. The molecule has 0 aromatic carbocycles. The van der Waals surface area contributed by atoms with Crippen molar-refractivity contribution < 1.29 is 42.9 Å². The van der Waals surface area contributed by atoms with Crippen LogP contribution < -0.4 is 5.11 Å². The standard InChI is InChI=1S/C82H161NO8/c1-6-8-10-12-14-16-18-20-22-24-26-28-30-32-34-35-36-37-38-39-40-41-42-43-44-45-46-47-49-51-53-55-57-59-61-63-65-67-69-71-73-80(85)91-78(77-90-82(81(86)87)88-75-74-83(3,4)5)76-89-79(84)72-70-68-66-64-62-60-58-56-54-52-50-48-33-31-29-27-25-23-21-19-17-15-13-11-9-7-2/h78,82H,6-77H2,1-5H3. The van der Waals surface area contributed by atoms with Crippen molar-refractivity contribution in [3.8, 4) is 0 Å². The first-order chi connectivity index (χ1) is 44.6. The van der Waals surface area contributed by atoms with Crippen LogP contribution in [0.15, 0.2) is 0 Å². The van der Waals surface area contributed by atoms with Crippen molar-refractivity contribution in [2.75, 3.05) is 47.5 Å². The van der Waals surface area contributed by atoms with Crippen LogP contribution in [0.3, 0.4) is 0 Å². The minimum absolute atomic E-state index is 0.154. The minimum atomic E-state index is -1.62. The highest BCUT2D eigenvalue weighted by molar-refractivity contribution is 5.70. The Kier molecular flexibility index (Phi) is 72.7. The Bertz CT molecular complexity index is 1450. The number of hydrogen-bond acceptors (Lipinski definition) is 8. The first-order valence-electron chi connectivity index (χ1n) is 41.2. The lowest BCUT2D eigenvalue weighted by atomic mass is 10.0. The summed E-state index contributed by atoms with van der Waals surface area (Å²) in [4.78, 5) is 37.6. The SMILES string of the molecule is CCCCCCCCCCCCCCCCCCCCCCCCCCCCCCCCCCCCCCCCCCC(=O)OC(COC(=O)CCCCCCCCCCCCCCCCCCCCCCCCCCCC)COC(OCC[N+](C)(C)C)C(=O)[O-]. The van der Waals surface area contributed by atoms with E-state index in [1.165, 1.54) is 385 Å². The van der Waals surface area contributed by atoms with Crippen LogP contribution in [0.5, 0.6) is 0 Å². The molecular weight excluding hydrogens is 1130 g/mol. The third-order valence-electron chi connectivity index (χ3n) is 19.4. The molecule has 2 atom stereocenters. The summed E-state index contributed by atoms with van der Waals surface area (Å²) in [7, 11) is 5.96. The second-order valence-electron chi connectivity index (χ2n) is 29.8. The van der Waals surface area contributed by atoms with Gasteiger partial charge in [0.15, 0.2) is 12.4 Å². The number of nitrogens with zero attached hydrogens (tertiary/aromatic N) is 1. The molecule has 0 heterocycles. The number of unbranched alkanes of at least 4 members (excludes halogenated alkanes) is 64. The zero-order valence-electron chi connectivity index (χ0n) is 62.3. The fourth-order valence-electron chi connectivity index (χ4n) is 13.1. The highest BCUT2D eigenvalue weighted by atomic mass is 16.7. The Morgan fingerprint density at radius 2 is 0.495 bits per heavy atom. The van der Waals surface area contributed by atoms with Gasteiger partial charge in [0.05, 0.1) is 40.3 Å². The van der Waals surface area contributed by atoms with Gasteiger partial charge in [-0.3, -0.25) is 9.59 Å². The number of carbonyl (C=O) groups excluding carboxylic acids is 3. The summed E-state index contributed by atoms with van der Waals surface area (Å²) < 4.78 is 22.9. The summed E-state index contributed by atoms with van der Waals surface area (Å²) in [6.07, 6.45) is 88.3.